The summed E-state index contributed by atoms with van der Waals surface area (Å²) in [5.74, 6) is 0.101. The van der Waals surface area contributed by atoms with Gasteiger partial charge in [0.15, 0.2) is 0 Å². The number of likely N-dealkylation sites (tertiary alicyclic amines) is 1. The number of hydrogen-bond donors (Lipinski definition) is 1. The molecule has 1 aromatic rings. The van der Waals surface area contributed by atoms with Gasteiger partial charge in [-0.3, -0.25) is 4.79 Å². The van der Waals surface area contributed by atoms with Gasteiger partial charge in [0, 0.05) is 32.6 Å². The first-order valence-corrected chi connectivity index (χ1v) is 7.51. The quantitative estimate of drug-likeness (QED) is 0.899. The maximum Gasteiger partial charge on any atom is 0.317 e. The highest BCUT2D eigenvalue weighted by Gasteiger charge is 2.31. The zero-order valence-corrected chi connectivity index (χ0v) is 12.7. The fourth-order valence-corrected chi connectivity index (χ4v) is 2.60. The van der Waals surface area contributed by atoms with Gasteiger partial charge in [-0.25, -0.2) is 4.79 Å². The van der Waals surface area contributed by atoms with Crippen LogP contribution in [0.1, 0.15) is 25.8 Å². The summed E-state index contributed by atoms with van der Waals surface area (Å²) in [5.41, 5.74) is 1.11. The highest BCUT2D eigenvalue weighted by Crippen LogP contribution is 2.15. The summed E-state index contributed by atoms with van der Waals surface area (Å²) in [7, 11) is 0. The highest BCUT2D eigenvalue weighted by atomic mass is 16.2. The minimum Gasteiger partial charge on any atom is -0.336 e. The van der Waals surface area contributed by atoms with Crippen molar-refractivity contribution in [2.75, 3.05) is 19.6 Å². The van der Waals surface area contributed by atoms with Crippen molar-refractivity contribution in [3.8, 4) is 0 Å². The van der Waals surface area contributed by atoms with E-state index >= 15 is 0 Å². The molecule has 21 heavy (non-hydrogen) atoms. The van der Waals surface area contributed by atoms with Crippen LogP contribution in [0, 0.1) is 0 Å². The lowest BCUT2D eigenvalue weighted by Crippen LogP contribution is -2.45. The molecular weight excluding hydrogens is 266 g/mol. The van der Waals surface area contributed by atoms with Gasteiger partial charge in [-0.15, -0.1) is 0 Å². The number of nitrogens with one attached hydrogen (secondary N) is 1. The summed E-state index contributed by atoms with van der Waals surface area (Å²) in [6, 6.07) is 9.74. The Morgan fingerprint density at radius 1 is 1.29 bits per heavy atom. The van der Waals surface area contributed by atoms with Crippen molar-refractivity contribution in [2.24, 2.45) is 0 Å². The molecule has 5 heteroatoms. The summed E-state index contributed by atoms with van der Waals surface area (Å²) in [6.45, 7) is 6.45. The average Bonchev–Trinajstić information content (AvgIpc) is 2.81. The molecule has 1 aliphatic rings. The Bertz CT molecular complexity index is 486. The number of carbonyl (C=O) groups excluding carboxylic acids is 2. The number of hydrogen-bond acceptors (Lipinski definition) is 2. The smallest absolute Gasteiger partial charge is 0.317 e. The van der Waals surface area contributed by atoms with Crippen LogP contribution in [0.2, 0.25) is 0 Å². The molecule has 1 heterocycles. The lowest BCUT2D eigenvalue weighted by atomic mass is 10.2. The van der Waals surface area contributed by atoms with Crippen molar-refractivity contribution < 1.29 is 9.59 Å². The SMILES string of the molecule is CCN(CC)C(=O)NC1CC(=O)N(Cc2ccccc2)C1. The molecule has 1 unspecified atom stereocenters. The predicted molar refractivity (Wildman–Crippen MR) is 81.7 cm³/mol. The number of carbonyl (C=O) groups is 2. The average molecular weight is 289 g/mol. The Morgan fingerprint density at radius 3 is 2.57 bits per heavy atom. The van der Waals surface area contributed by atoms with Crippen LogP contribution in [0.25, 0.3) is 0 Å². The van der Waals surface area contributed by atoms with Crippen LogP contribution in [0.4, 0.5) is 4.79 Å². The molecule has 1 N–H and O–H groups in total. The van der Waals surface area contributed by atoms with Crippen LogP contribution in [0.5, 0.6) is 0 Å². The largest absolute Gasteiger partial charge is 0.336 e. The summed E-state index contributed by atoms with van der Waals surface area (Å²) < 4.78 is 0. The van der Waals surface area contributed by atoms with Crippen LogP contribution < -0.4 is 5.32 Å². The van der Waals surface area contributed by atoms with Crippen molar-refractivity contribution in [1.82, 2.24) is 15.1 Å². The number of urea groups is 1. The third-order valence-electron chi connectivity index (χ3n) is 3.81. The summed E-state index contributed by atoms with van der Waals surface area (Å²) in [5, 5.41) is 2.95. The van der Waals surface area contributed by atoms with E-state index in [1.807, 2.05) is 49.1 Å². The molecule has 0 bridgehead atoms. The molecule has 1 fully saturated rings. The maximum atomic E-state index is 12.0. The molecule has 1 aromatic carbocycles. The first-order chi connectivity index (χ1) is 10.1. The Morgan fingerprint density at radius 2 is 1.95 bits per heavy atom. The standard InChI is InChI=1S/C16H23N3O2/c1-3-18(4-2)16(21)17-14-10-15(20)19(12-14)11-13-8-6-5-7-9-13/h5-9,14H,3-4,10-12H2,1-2H3,(H,17,21). The summed E-state index contributed by atoms with van der Waals surface area (Å²) >= 11 is 0. The van der Waals surface area contributed by atoms with E-state index in [9.17, 15) is 9.59 Å². The number of benzene rings is 1. The lowest BCUT2D eigenvalue weighted by Gasteiger charge is -2.22. The van der Waals surface area contributed by atoms with Crippen molar-refractivity contribution >= 4 is 11.9 Å². The fraction of sp³-hybridized carbons (Fsp3) is 0.500. The Kier molecular flexibility index (Phi) is 5.20. The molecule has 2 rings (SSSR count). The van der Waals surface area contributed by atoms with Gasteiger partial charge < -0.3 is 15.1 Å². The van der Waals surface area contributed by atoms with Gasteiger partial charge in [-0.05, 0) is 19.4 Å². The molecular formula is C16H23N3O2. The number of rotatable bonds is 5. The predicted octanol–water partition coefficient (Wildman–Crippen LogP) is 1.84. The molecule has 1 aliphatic heterocycles. The minimum absolute atomic E-state index is 0.0839. The zero-order valence-electron chi connectivity index (χ0n) is 12.7. The van der Waals surface area contributed by atoms with Crippen molar-refractivity contribution in [1.29, 1.82) is 0 Å². The van der Waals surface area contributed by atoms with E-state index in [0.29, 0.717) is 32.6 Å². The normalized spacial score (nSPS) is 17.9. The molecule has 114 valence electrons. The van der Waals surface area contributed by atoms with E-state index in [2.05, 4.69) is 5.32 Å². The van der Waals surface area contributed by atoms with Crippen LogP contribution in [0.3, 0.4) is 0 Å². The fourth-order valence-electron chi connectivity index (χ4n) is 2.60. The van der Waals surface area contributed by atoms with Gasteiger partial charge in [-0.1, -0.05) is 30.3 Å². The van der Waals surface area contributed by atoms with Crippen LogP contribution in [-0.4, -0.2) is 47.4 Å². The Balaban J connectivity index is 1.89. The first kappa shape index (κ1) is 15.4. The summed E-state index contributed by atoms with van der Waals surface area (Å²) in [6.07, 6.45) is 0.389. The molecule has 1 atom stereocenters. The van der Waals surface area contributed by atoms with E-state index in [1.54, 1.807) is 4.90 Å². The third-order valence-corrected chi connectivity index (χ3v) is 3.81. The van der Waals surface area contributed by atoms with E-state index in [0.717, 1.165) is 5.56 Å². The van der Waals surface area contributed by atoms with E-state index in [-0.39, 0.29) is 18.0 Å². The van der Waals surface area contributed by atoms with Crippen LogP contribution in [-0.2, 0) is 11.3 Å². The molecule has 1 saturated heterocycles. The number of amides is 3. The zero-order chi connectivity index (χ0) is 15.2. The molecule has 0 aliphatic carbocycles. The van der Waals surface area contributed by atoms with E-state index in [4.69, 9.17) is 0 Å². The molecule has 0 aromatic heterocycles. The second kappa shape index (κ2) is 7.11. The van der Waals surface area contributed by atoms with Gasteiger partial charge in [-0.2, -0.15) is 0 Å². The van der Waals surface area contributed by atoms with Gasteiger partial charge >= 0.3 is 6.03 Å². The van der Waals surface area contributed by atoms with Gasteiger partial charge in [0.1, 0.15) is 0 Å². The van der Waals surface area contributed by atoms with Gasteiger partial charge in [0.2, 0.25) is 5.91 Å². The number of nitrogens with zero attached hydrogens (tertiary/aromatic N) is 2. The van der Waals surface area contributed by atoms with Crippen molar-refractivity contribution in [3.63, 3.8) is 0 Å². The van der Waals surface area contributed by atoms with Crippen LogP contribution in [0.15, 0.2) is 30.3 Å². The third kappa shape index (κ3) is 3.97. The van der Waals surface area contributed by atoms with Gasteiger partial charge in [0.25, 0.3) is 0 Å². The highest BCUT2D eigenvalue weighted by molar-refractivity contribution is 5.81. The second-order valence-corrected chi connectivity index (χ2v) is 5.28. The Labute approximate surface area is 125 Å². The van der Waals surface area contributed by atoms with Crippen LogP contribution >= 0.6 is 0 Å². The molecule has 0 spiro atoms. The van der Waals surface area contributed by atoms with E-state index in [1.165, 1.54) is 0 Å². The monoisotopic (exact) mass is 289 g/mol. The van der Waals surface area contributed by atoms with E-state index < -0.39 is 0 Å². The Hall–Kier alpha value is -2.04. The molecule has 3 amide bonds. The second-order valence-electron chi connectivity index (χ2n) is 5.28. The first-order valence-electron chi connectivity index (χ1n) is 7.51. The topological polar surface area (TPSA) is 52.7 Å². The molecule has 0 saturated carbocycles. The van der Waals surface area contributed by atoms with Crippen molar-refractivity contribution in [3.05, 3.63) is 35.9 Å². The van der Waals surface area contributed by atoms with Gasteiger partial charge in [0.05, 0.1) is 6.04 Å². The molecule has 5 nitrogen and oxygen atoms in total. The lowest BCUT2D eigenvalue weighted by molar-refractivity contribution is -0.128. The maximum absolute atomic E-state index is 12.0. The molecule has 0 radical (unpaired) electrons. The van der Waals surface area contributed by atoms with Crippen molar-refractivity contribution in [2.45, 2.75) is 32.9 Å². The summed E-state index contributed by atoms with van der Waals surface area (Å²) in [4.78, 5) is 27.6. The minimum atomic E-state index is -0.0886.